The molecule has 0 atom stereocenters. The van der Waals surface area contributed by atoms with Crippen LogP contribution in [0.4, 0.5) is 0 Å². The maximum absolute atomic E-state index is 12.0. The molecular formula is C21H19N3O2S. The van der Waals surface area contributed by atoms with Crippen LogP contribution in [0.1, 0.15) is 16.7 Å². The van der Waals surface area contributed by atoms with Crippen LogP contribution in [0.2, 0.25) is 0 Å². The molecule has 0 aliphatic heterocycles. The summed E-state index contributed by atoms with van der Waals surface area (Å²) in [6.07, 6.45) is 0. The summed E-state index contributed by atoms with van der Waals surface area (Å²) >= 11 is 1.56. The van der Waals surface area contributed by atoms with Crippen LogP contribution in [0.25, 0.3) is 22.4 Å². The van der Waals surface area contributed by atoms with Crippen molar-refractivity contribution in [3.8, 4) is 11.4 Å². The predicted molar refractivity (Wildman–Crippen MR) is 108 cm³/mol. The maximum Gasteiger partial charge on any atom is 0.336 e. The van der Waals surface area contributed by atoms with Gasteiger partial charge in [0.25, 0.3) is 0 Å². The lowest BCUT2D eigenvalue weighted by Crippen LogP contribution is -2.02. The molecule has 2 heterocycles. The van der Waals surface area contributed by atoms with Crippen LogP contribution in [-0.2, 0) is 12.8 Å². The second kappa shape index (κ2) is 7.04. The maximum atomic E-state index is 12.0. The van der Waals surface area contributed by atoms with E-state index < -0.39 is 0 Å². The van der Waals surface area contributed by atoms with E-state index in [-0.39, 0.29) is 5.63 Å². The number of rotatable bonds is 4. The van der Waals surface area contributed by atoms with Gasteiger partial charge < -0.3 is 8.98 Å². The number of fused-ring (bicyclic) bond motifs is 1. The van der Waals surface area contributed by atoms with E-state index in [1.165, 1.54) is 0 Å². The summed E-state index contributed by atoms with van der Waals surface area (Å²) in [5.41, 5.74) is 4.42. The van der Waals surface area contributed by atoms with Gasteiger partial charge in [-0.15, -0.1) is 10.2 Å². The van der Waals surface area contributed by atoms with E-state index in [0.717, 1.165) is 38.6 Å². The Hall–Kier alpha value is -2.86. The van der Waals surface area contributed by atoms with Crippen molar-refractivity contribution >= 4 is 22.7 Å². The first kappa shape index (κ1) is 17.5. The Morgan fingerprint density at radius 1 is 1.07 bits per heavy atom. The fraction of sp³-hybridized carbons (Fsp3) is 0.190. The molecule has 0 aliphatic carbocycles. The number of aryl methyl sites for hydroxylation is 2. The summed E-state index contributed by atoms with van der Waals surface area (Å²) in [4.78, 5) is 12.0. The molecule has 6 heteroatoms. The minimum Gasteiger partial charge on any atom is -0.422 e. The molecule has 0 saturated carbocycles. The van der Waals surface area contributed by atoms with E-state index in [4.69, 9.17) is 4.42 Å². The van der Waals surface area contributed by atoms with Gasteiger partial charge in [0.15, 0.2) is 11.0 Å². The topological polar surface area (TPSA) is 60.9 Å². The zero-order valence-electron chi connectivity index (χ0n) is 15.4. The van der Waals surface area contributed by atoms with Gasteiger partial charge in [0.1, 0.15) is 5.58 Å². The summed E-state index contributed by atoms with van der Waals surface area (Å²) in [6.45, 7) is 3.99. The fourth-order valence-corrected chi connectivity index (χ4v) is 3.97. The molecule has 4 aromatic rings. The molecule has 27 heavy (non-hydrogen) atoms. The Balaban J connectivity index is 1.66. The molecular weight excluding hydrogens is 358 g/mol. The summed E-state index contributed by atoms with van der Waals surface area (Å²) in [7, 11) is 1.95. The predicted octanol–water partition coefficient (Wildman–Crippen LogP) is 4.50. The molecule has 0 unspecified atom stereocenters. The lowest BCUT2D eigenvalue weighted by atomic mass is 10.0. The van der Waals surface area contributed by atoms with Crippen molar-refractivity contribution in [2.24, 2.45) is 7.05 Å². The highest BCUT2D eigenvalue weighted by atomic mass is 32.2. The standard InChI is InChI=1S/C21H19N3O2S/c1-13-9-10-17-16(11-18(25)26-19(17)14(13)2)12-27-21-23-22-20(24(21)3)15-7-5-4-6-8-15/h4-11H,12H2,1-3H3. The molecule has 0 N–H and O–H groups in total. The molecule has 136 valence electrons. The van der Waals surface area contributed by atoms with Crippen LogP contribution in [0.15, 0.2) is 62.9 Å². The molecule has 0 saturated heterocycles. The summed E-state index contributed by atoms with van der Waals surface area (Å²) in [5.74, 6) is 1.44. The van der Waals surface area contributed by atoms with Gasteiger partial charge in [-0.3, -0.25) is 0 Å². The van der Waals surface area contributed by atoms with Gasteiger partial charge in [-0.25, -0.2) is 4.79 Å². The monoisotopic (exact) mass is 377 g/mol. The van der Waals surface area contributed by atoms with E-state index in [1.54, 1.807) is 17.8 Å². The SMILES string of the molecule is Cc1ccc2c(CSc3nnc(-c4ccccc4)n3C)cc(=O)oc2c1C. The van der Waals surface area contributed by atoms with Gasteiger partial charge in [0.05, 0.1) is 0 Å². The quantitative estimate of drug-likeness (QED) is 0.387. The van der Waals surface area contributed by atoms with Gasteiger partial charge in [-0.1, -0.05) is 54.2 Å². The molecule has 0 fully saturated rings. The zero-order valence-corrected chi connectivity index (χ0v) is 16.2. The van der Waals surface area contributed by atoms with Crippen LogP contribution in [0.5, 0.6) is 0 Å². The highest BCUT2D eigenvalue weighted by molar-refractivity contribution is 7.98. The van der Waals surface area contributed by atoms with Crippen LogP contribution in [0, 0.1) is 13.8 Å². The van der Waals surface area contributed by atoms with Gasteiger partial charge in [-0.05, 0) is 30.5 Å². The molecule has 2 aromatic heterocycles. The summed E-state index contributed by atoms with van der Waals surface area (Å²) in [6, 6.07) is 15.6. The van der Waals surface area contributed by atoms with Gasteiger partial charge in [-0.2, -0.15) is 0 Å². The van der Waals surface area contributed by atoms with Crippen molar-refractivity contribution in [2.75, 3.05) is 0 Å². The van der Waals surface area contributed by atoms with Crippen LogP contribution in [-0.4, -0.2) is 14.8 Å². The largest absolute Gasteiger partial charge is 0.422 e. The average molecular weight is 377 g/mol. The minimum atomic E-state index is -0.324. The lowest BCUT2D eigenvalue weighted by Gasteiger charge is -2.09. The number of nitrogens with zero attached hydrogens (tertiary/aromatic N) is 3. The van der Waals surface area contributed by atoms with E-state index in [2.05, 4.69) is 16.3 Å². The first-order valence-electron chi connectivity index (χ1n) is 8.65. The Morgan fingerprint density at radius 2 is 1.85 bits per heavy atom. The van der Waals surface area contributed by atoms with E-state index in [0.29, 0.717) is 11.3 Å². The van der Waals surface area contributed by atoms with Crippen molar-refractivity contribution in [2.45, 2.75) is 24.8 Å². The molecule has 2 aromatic carbocycles. The van der Waals surface area contributed by atoms with Crippen LogP contribution >= 0.6 is 11.8 Å². The van der Waals surface area contributed by atoms with Crippen molar-refractivity contribution in [1.29, 1.82) is 0 Å². The van der Waals surface area contributed by atoms with Crippen molar-refractivity contribution in [3.63, 3.8) is 0 Å². The van der Waals surface area contributed by atoms with Gasteiger partial charge in [0, 0.05) is 29.8 Å². The van der Waals surface area contributed by atoms with E-state index in [1.807, 2.05) is 61.9 Å². The molecule has 4 rings (SSSR count). The Morgan fingerprint density at radius 3 is 2.63 bits per heavy atom. The summed E-state index contributed by atoms with van der Waals surface area (Å²) in [5, 5.41) is 10.4. The number of benzene rings is 2. The highest BCUT2D eigenvalue weighted by Crippen LogP contribution is 2.29. The third-order valence-corrected chi connectivity index (χ3v) is 5.81. The molecule has 0 bridgehead atoms. The van der Waals surface area contributed by atoms with Gasteiger partial charge >= 0.3 is 5.63 Å². The fourth-order valence-electron chi connectivity index (χ4n) is 3.07. The number of thioether (sulfide) groups is 1. The summed E-state index contributed by atoms with van der Waals surface area (Å²) < 4.78 is 7.43. The first-order chi connectivity index (χ1) is 13.0. The highest BCUT2D eigenvalue weighted by Gasteiger charge is 2.14. The van der Waals surface area contributed by atoms with Crippen molar-refractivity contribution in [1.82, 2.24) is 14.8 Å². The molecule has 0 amide bonds. The third kappa shape index (κ3) is 3.28. The molecule has 0 radical (unpaired) electrons. The number of hydrogen-bond acceptors (Lipinski definition) is 5. The average Bonchev–Trinajstić information content (AvgIpc) is 3.04. The lowest BCUT2D eigenvalue weighted by molar-refractivity contribution is 0.557. The number of hydrogen-bond donors (Lipinski definition) is 0. The molecule has 0 spiro atoms. The Kier molecular flexibility index (Phi) is 4.58. The second-order valence-electron chi connectivity index (χ2n) is 6.49. The van der Waals surface area contributed by atoms with Crippen LogP contribution in [0.3, 0.4) is 0 Å². The van der Waals surface area contributed by atoms with Crippen molar-refractivity contribution < 1.29 is 4.42 Å². The molecule has 0 aliphatic rings. The second-order valence-corrected chi connectivity index (χ2v) is 7.44. The smallest absolute Gasteiger partial charge is 0.336 e. The molecule has 5 nitrogen and oxygen atoms in total. The third-order valence-electron chi connectivity index (χ3n) is 4.74. The normalized spacial score (nSPS) is 11.2. The Bertz CT molecular complexity index is 1180. The Labute approximate surface area is 161 Å². The van der Waals surface area contributed by atoms with Crippen LogP contribution < -0.4 is 5.63 Å². The van der Waals surface area contributed by atoms with E-state index >= 15 is 0 Å². The zero-order chi connectivity index (χ0) is 19.0. The number of aromatic nitrogens is 3. The van der Waals surface area contributed by atoms with E-state index in [9.17, 15) is 4.79 Å². The van der Waals surface area contributed by atoms with Crippen molar-refractivity contribution in [3.05, 3.63) is 75.6 Å². The minimum absolute atomic E-state index is 0.324. The first-order valence-corrected chi connectivity index (χ1v) is 9.63. The van der Waals surface area contributed by atoms with Gasteiger partial charge in [0.2, 0.25) is 0 Å².